The number of rotatable bonds is 7. The van der Waals surface area contributed by atoms with Gasteiger partial charge in [0.1, 0.15) is 0 Å². The van der Waals surface area contributed by atoms with Crippen LogP contribution >= 0.6 is 34.0 Å². The fourth-order valence-electron chi connectivity index (χ4n) is 4.04. The Labute approximate surface area is 172 Å². The van der Waals surface area contributed by atoms with Crippen LogP contribution in [0.1, 0.15) is 22.6 Å². The van der Waals surface area contributed by atoms with E-state index in [0.29, 0.717) is 18.8 Å². The first kappa shape index (κ1) is 17.8. The van der Waals surface area contributed by atoms with Gasteiger partial charge in [-0.05, 0) is 62.1 Å². The molecule has 5 rings (SSSR count). The average Bonchev–Trinajstić information content (AvgIpc) is 3.47. The number of fused-ring (bicyclic) bond motifs is 2. The zero-order chi connectivity index (χ0) is 18.2. The Morgan fingerprint density at radius 2 is 1.63 bits per heavy atom. The fraction of sp³-hybridized carbons (Fsp3) is 0.364. The fourth-order valence-corrected chi connectivity index (χ4v) is 7.07. The Balaban J connectivity index is 1.14. The van der Waals surface area contributed by atoms with Gasteiger partial charge in [-0.3, -0.25) is 5.32 Å². The quantitative estimate of drug-likeness (QED) is 0.270. The monoisotopic (exact) mass is 413 g/mol. The summed E-state index contributed by atoms with van der Waals surface area (Å²) in [6, 6.07) is 13.4. The molecule has 27 heavy (non-hydrogen) atoms. The standard InChI is InChI=1S/C22H23NOS3/c1-14-2-6-19(25-14)21-8-9-22(27-21)20-7-5-17(26-20)12-23-13-24-18-11-15-3-4-16(18)10-15/h2-9,15-16,18,23H,10-13H2,1H3. The minimum Gasteiger partial charge on any atom is -0.362 e. The number of ether oxygens (including phenoxy) is 1. The Morgan fingerprint density at radius 1 is 0.889 bits per heavy atom. The van der Waals surface area contributed by atoms with Crippen LogP contribution in [-0.2, 0) is 11.3 Å². The minimum absolute atomic E-state index is 0.428. The van der Waals surface area contributed by atoms with Gasteiger partial charge in [0.2, 0.25) is 0 Å². The number of hydrogen-bond donors (Lipinski definition) is 1. The third-order valence-electron chi connectivity index (χ3n) is 5.41. The van der Waals surface area contributed by atoms with Crippen LogP contribution in [0, 0.1) is 18.8 Å². The zero-order valence-electron chi connectivity index (χ0n) is 15.3. The van der Waals surface area contributed by atoms with Crippen molar-refractivity contribution in [3.05, 3.63) is 58.3 Å². The van der Waals surface area contributed by atoms with Crippen LogP contribution in [0.3, 0.4) is 0 Å². The molecule has 140 valence electrons. The van der Waals surface area contributed by atoms with Crippen molar-refractivity contribution in [2.75, 3.05) is 6.73 Å². The van der Waals surface area contributed by atoms with Crippen molar-refractivity contribution < 1.29 is 4.74 Å². The summed E-state index contributed by atoms with van der Waals surface area (Å²) in [7, 11) is 0. The maximum atomic E-state index is 6.05. The van der Waals surface area contributed by atoms with Crippen LogP contribution in [-0.4, -0.2) is 12.8 Å². The van der Waals surface area contributed by atoms with Gasteiger partial charge in [-0.2, -0.15) is 0 Å². The summed E-state index contributed by atoms with van der Waals surface area (Å²) in [5.74, 6) is 1.43. The first-order chi connectivity index (χ1) is 13.2. The molecule has 2 aliphatic carbocycles. The molecule has 3 unspecified atom stereocenters. The Bertz CT molecular complexity index is 950. The summed E-state index contributed by atoms with van der Waals surface area (Å²) in [6.45, 7) is 3.69. The van der Waals surface area contributed by atoms with Crippen molar-refractivity contribution in [2.24, 2.45) is 11.8 Å². The lowest BCUT2D eigenvalue weighted by Crippen LogP contribution is -2.25. The lowest BCUT2D eigenvalue weighted by molar-refractivity contribution is 0.0244. The summed E-state index contributed by atoms with van der Waals surface area (Å²) < 4.78 is 6.05. The molecule has 3 aromatic rings. The molecule has 2 bridgehead atoms. The molecule has 2 nitrogen and oxygen atoms in total. The maximum Gasteiger partial charge on any atom is 0.0972 e. The molecule has 0 amide bonds. The van der Waals surface area contributed by atoms with E-state index < -0.39 is 0 Å². The lowest BCUT2D eigenvalue weighted by Gasteiger charge is -2.18. The number of thiophene rings is 3. The molecule has 5 heteroatoms. The van der Waals surface area contributed by atoms with Gasteiger partial charge >= 0.3 is 0 Å². The van der Waals surface area contributed by atoms with Crippen LogP contribution in [0.2, 0.25) is 0 Å². The first-order valence-corrected chi connectivity index (χ1v) is 12.0. The van der Waals surface area contributed by atoms with Crippen LogP contribution in [0.5, 0.6) is 0 Å². The molecule has 3 heterocycles. The summed E-state index contributed by atoms with van der Waals surface area (Å²) >= 11 is 5.63. The van der Waals surface area contributed by atoms with E-state index >= 15 is 0 Å². The van der Waals surface area contributed by atoms with E-state index in [-0.39, 0.29) is 0 Å². The lowest BCUT2D eigenvalue weighted by atomic mass is 10.1. The van der Waals surface area contributed by atoms with Gasteiger partial charge in [0, 0.05) is 41.7 Å². The summed E-state index contributed by atoms with van der Waals surface area (Å²) in [5, 5.41) is 3.46. The van der Waals surface area contributed by atoms with Crippen molar-refractivity contribution in [2.45, 2.75) is 32.4 Å². The van der Waals surface area contributed by atoms with Crippen LogP contribution in [0.25, 0.3) is 19.5 Å². The normalized spacial score (nSPS) is 23.5. The molecule has 1 N–H and O–H groups in total. The second-order valence-electron chi connectivity index (χ2n) is 7.40. The van der Waals surface area contributed by atoms with Crippen LogP contribution in [0.15, 0.2) is 48.6 Å². The Hall–Kier alpha value is -1.24. The number of allylic oxidation sites excluding steroid dienone is 1. The van der Waals surface area contributed by atoms with E-state index in [1.807, 2.05) is 34.0 Å². The Kier molecular flexibility index (Phi) is 5.05. The highest BCUT2D eigenvalue weighted by molar-refractivity contribution is 7.26. The Morgan fingerprint density at radius 3 is 2.33 bits per heavy atom. The second-order valence-corrected chi connectivity index (χ2v) is 10.9. The van der Waals surface area contributed by atoms with Crippen LogP contribution < -0.4 is 5.32 Å². The number of aryl methyl sites for hydroxylation is 1. The smallest absolute Gasteiger partial charge is 0.0972 e. The van der Waals surface area contributed by atoms with Gasteiger partial charge in [0.05, 0.1) is 12.8 Å². The van der Waals surface area contributed by atoms with E-state index in [1.54, 1.807) is 0 Å². The molecular formula is C22H23NOS3. The van der Waals surface area contributed by atoms with Gasteiger partial charge in [0.15, 0.2) is 0 Å². The highest BCUT2D eigenvalue weighted by Crippen LogP contribution is 2.41. The minimum atomic E-state index is 0.428. The van der Waals surface area contributed by atoms with E-state index in [2.05, 4.69) is 60.8 Å². The van der Waals surface area contributed by atoms with Gasteiger partial charge < -0.3 is 4.74 Å². The van der Waals surface area contributed by atoms with Crippen molar-refractivity contribution in [3.8, 4) is 19.5 Å². The van der Waals surface area contributed by atoms with Crippen molar-refractivity contribution >= 4 is 34.0 Å². The number of hydrogen-bond acceptors (Lipinski definition) is 5. The zero-order valence-corrected chi connectivity index (χ0v) is 17.8. The second kappa shape index (κ2) is 7.64. The summed E-state index contributed by atoms with van der Waals surface area (Å²) in [6.07, 6.45) is 7.64. The topological polar surface area (TPSA) is 21.3 Å². The largest absolute Gasteiger partial charge is 0.362 e. The SMILES string of the molecule is Cc1ccc(-c2ccc(-c3ccc(CNCOC4CC5C=CC4C5)s3)s2)s1. The van der Waals surface area contributed by atoms with E-state index in [0.717, 1.165) is 12.5 Å². The molecule has 1 fully saturated rings. The van der Waals surface area contributed by atoms with Crippen LogP contribution in [0.4, 0.5) is 0 Å². The first-order valence-electron chi connectivity index (χ1n) is 9.51. The molecule has 0 saturated heterocycles. The predicted octanol–water partition coefficient (Wildman–Crippen LogP) is 6.54. The van der Waals surface area contributed by atoms with Gasteiger partial charge in [-0.1, -0.05) is 12.2 Å². The molecule has 2 aliphatic rings. The highest BCUT2D eigenvalue weighted by atomic mass is 32.1. The average molecular weight is 414 g/mol. The predicted molar refractivity (Wildman–Crippen MR) is 118 cm³/mol. The number of nitrogens with one attached hydrogen (secondary N) is 1. The summed E-state index contributed by atoms with van der Waals surface area (Å²) in [4.78, 5) is 8.18. The highest BCUT2D eigenvalue weighted by Gasteiger charge is 2.36. The third kappa shape index (κ3) is 3.84. The summed E-state index contributed by atoms with van der Waals surface area (Å²) in [5.41, 5.74) is 0. The van der Waals surface area contributed by atoms with Gasteiger partial charge in [-0.15, -0.1) is 34.0 Å². The molecule has 3 aromatic heterocycles. The van der Waals surface area contributed by atoms with Crippen molar-refractivity contribution in [1.29, 1.82) is 0 Å². The molecule has 0 aliphatic heterocycles. The van der Waals surface area contributed by atoms with E-state index in [9.17, 15) is 0 Å². The van der Waals surface area contributed by atoms with E-state index in [4.69, 9.17) is 4.74 Å². The third-order valence-corrected chi connectivity index (χ3v) is 8.97. The molecule has 0 radical (unpaired) electrons. The molecular weight excluding hydrogens is 390 g/mol. The molecule has 3 atom stereocenters. The molecule has 0 aromatic carbocycles. The van der Waals surface area contributed by atoms with E-state index in [1.165, 1.54) is 42.1 Å². The van der Waals surface area contributed by atoms with Crippen molar-refractivity contribution in [3.63, 3.8) is 0 Å². The molecule has 0 spiro atoms. The van der Waals surface area contributed by atoms with Crippen molar-refractivity contribution in [1.82, 2.24) is 5.32 Å². The van der Waals surface area contributed by atoms with Gasteiger partial charge in [0.25, 0.3) is 0 Å². The maximum absolute atomic E-state index is 6.05. The van der Waals surface area contributed by atoms with Gasteiger partial charge in [-0.25, -0.2) is 0 Å². The molecule has 1 saturated carbocycles.